The van der Waals surface area contributed by atoms with Gasteiger partial charge in [0, 0.05) is 43.7 Å². The second-order valence-electron chi connectivity index (χ2n) is 6.69. The molecule has 1 fully saturated rings. The van der Waals surface area contributed by atoms with Crippen LogP contribution in [0.5, 0.6) is 11.8 Å². The van der Waals surface area contributed by atoms with Gasteiger partial charge in [-0.15, -0.1) is 0 Å². The van der Waals surface area contributed by atoms with E-state index >= 15 is 0 Å². The van der Waals surface area contributed by atoms with Crippen molar-refractivity contribution in [2.45, 2.75) is 0 Å². The molecule has 2 heterocycles. The molecule has 29 heavy (non-hydrogen) atoms. The number of nitrogens with zero attached hydrogens (tertiary/aromatic N) is 3. The molecule has 1 aromatic heterocycles. The molecular weight excluding hydrogens is 370 g/mol. The normalized spacial score (nSPS) is 13.9. The SMILES string of the molecule is COc1cc(NC(=O)c2cc(N3CCNCC3)nc(OC)n2)c2ccccc2c1. The summed E-state index contributed by atoms with van der Waals surface area (Å²) in [6, 6.07) is 13.4. The standard InChI is InChI=1S/C21H23N5O3/c1-28-15-11-14-5-3-4-6-16(14)17(12-15)23-20(27)18-13-19(25-21(24-18)29-2)26-9-7-22-8-10-26/h3-6,11-13,22H,7-10H2,1-2H3,(H,23,27). The Bertz CT molecular complexity index is 1030. The lowest BCUT2D eigenvalue weighted by Crippen LogP contribution is -2.44. The first-order chi connectivity index (χ1) is 14.2. The first-order valence-corrected chi connectivity index (χ1v) is 9.45. The zero-order chi connectivity index (χ0) is 20.2. The number of amides is 1. The Hall–Kier alpha value is -3.39. The van der Waals surface area contributed by atoms with Crippen molar-refractivity contribution in [2.24, 2.45) is 0 Å². The fourth-order valence-electron chi connectivity index (χ4n) is 3.37. The summed E-state index contributed by atoms with van der Waals surface area (Å²) in [6.45, 7) is 3.34. The van der Waals surface area contributed by atoms with Gasteiger partial charge in [-0.05, 0) is 11.5 Å². The summed E-state index contributed by atoms with van der Waals surface area (Å²) in [4.78, 5) is 23.8. The number of carbonyl (C=O) groups excluding carboxylic acids is 1. The van der Waals surface area contributed by atoms with Gasteiger partial charge in [-0.1, -0.05) is 24.3 Å². The number of fused-ring (bicyclic) bond motifs is 1. The molecule has 0 atom stereocenters. The van der Waals surface area contributed by atoms with Crippen LogP contribution in [-0.2, 0) is 0 Å². The fourth-order valence-corrected chi connectivity index (χ4v) is 3.37. The van der Waals surface area contributed by atoms with Crippen LogP contribution in [0.15, 0.2) is 42.5 Å². The van der Waals surface area contributed by atoms with Crippen LogP contribution in [-0.4, -0.2) is 56.3 Å². The number of ether oxygens (including phenoxy) is 2. The molecule has 1 aliphatic rings. The van der Waals surface area contributed by atoms with E-state index < -0.39 is 0 Å². The summed E-state index contributed by atoms with van der Waals surface area (Å²) in [5, 5.41) is 8.16. The van der Waals surface area contributed by atoms with Crippen LogP contribution in [0.1, 0.15) is 10.5 Å². The molecule has 8 heteroatoms. The summed E-state index contributed by atoms with van der Waals surface area (Å²) in [7, 11) is 3.10. The number of benzene rings is 2. The van der Waals surface area contributed by atoms with E-state index in [0.29, 0.717) is 17.3 Å². The maximum Gasteiger partial charge on any atom is 0.318 e. The predicted octanol–water partition coefficient (Wildman–Crippen LogP) is 2.31. The van der Waals surface area contributed by atoms with E-state index in [4.69, 9.17) is 9.47 Å². The minimum Gasteiger partial charge on any atom is -0.497 e. The summed E-state index contributed by atoms with van der Waals surface area (Å²) in [6.07, 6.45) is 0. The van der Waals surface area contributed by atoms with Crippen LogP contribution >= 0.6 is 0 Å². The van der Waals surface area contributed by atoms with Crippen LogP contribution in [0, 0.1) is 0 Å². The monoisotopic (exact) mass is 393 g/mol. The number of aromatic nitrogens is 2. The molecule has 1 saturated heterocycles. The number of hydrogen-bond acceptors (Lipinski definition) is 7. The Balaban J connectivity index is 1.67. The van der Waals surface area contributed by atoms with Crippen molar-refractivity contribution >= 4 is 28.2 Å². The molecule has 2 N–H and O–H groups in total. The molecule has 8 nitrogen and oxygen atoms in total. The van der Waals surface area contributed by atoms with Crippen LogP contribution < -0.4 is 25.0 Å². The highest BCUT2D eigenvalue weighted by Crippen LogP contribution is 2.29. The van der Waals surface area contributed by atoms with Gasteiger partial charge < -0.3 is 25.0 Å². The molecule has 0 bridgehead atoms. The number of carbonyl (C=O) groups is 1. The number of hydrogen-bond donors (Lipinski definition) is 2. The Morgan fingerprint density at radius 2 is 1.86 bits per heavy atom. The topological polar surface area (TPSA) is 88.6 Å². The highest BCUT2D eigenvalue weighted by molar-refractivity contribution is 6.09. The minimum absolute atomic E-state index is 0.168. The van der Waals surface area contributed by atoms with Gasteiger partial charge in [-0.3, -0.25) is 4.79 Å². The van der Waals surface area contributed by atoms with Crippen molar-refractivity contribution < 1.29 is 14.3 Å². The first-order valence-electron chi connectivity index (χ1n) is 9.45. The summed E-state index contributed by atoms with van der Waals surface area (Å²) < 4.78 is 10.6. The Labute approximate surface area is 168 Å². The summed E-state index contributed by atoms with van der Waals surface area (Å²) >= 11 is 0. The molecular formula is C21H23N5O3. The van der Waals surface area contributed by atoms with Crippen LogP contribution in [0.3, 0.4) is 0 Å². The molecule has 1 aliphatic heterocycles. The van der Waals surface area contributed by atoms with Crippen molar-refractivity contribution in [2.75, 3.05) is 50.6 Å². The number of rotatable bonds is 5. The van der Waals surface area contributed by atoms with E-state index in [1.54, 1.807) is 19.2 Å². The van der Waals surface area contributed by atoms with Crippen molar-refractivity contribution in [3.63, 3.8) is 0 Å². The lowest BCUT2D eigenvalue weighted by atomic mass is 10.1. The third kappa shape index (κ3) is 4.07. The molecule has 0 saturated carbocycles. The second-order valence-corrected chi connectivity index (χ2v) is 6.69. The first kappa shape index (κ1) is 18.9. The van der Waals surface area contributed by atoms with Gasteiger partial charge in [0.1, 0.15) is 17.3 Å². The fraction of sp³-hybridized carbons (Fsp3) is 0.286. The average Bonchev–Trinajstić information content (AvgIpc) is 2.79. The summed E-state index contributed by atoms with van der Waals surface area (Å²) in [5.74, 6) is 1.01. The lowest BCUT2D eigenvalue weighted by molar-refractivity contribution is 0.102. The van der Waals surface area contributed by atoms with E-state index in [1.807, 2.05) is 30.3 Å². The van der Waals surface area contributed by atoms with Gasteiger partial charge in [-0.25, -0.2) is 0 Å². The maximum absolute atomic E-state index is 13.0. The van der Waals surface area contributed by atoms with Gasteiger partial charge in [-0.2, -0.15) is 9.97 Å². The van der Waals surface area contributed by atoms with E-state index in [0.717, 1.165) is 37.0 Å². The van der Waals surface area contributed by atoms with Gasteiger partial charge in [0.25, 0.3) is 5.91 Å². The molecule has 0 spiro atoms. The molecule has 0 radical (unpaired) electrons. The van der Waals surface area contributed by atoms with Crippen LogP contribution in [0.25, 0.3) is 10.8 Å². The average molecular weight is 393 g/mol. The molecule has 150 valence electrons. The highest BCUT2D eigenvalue weighted by Gasteiger charge is 2.19. The van der Waals surface area contributed by atoms with Gasteiger partial charge in [0.05, 0.1) is 19.9 Å². The molecule has 3 aromatic rings. The lowest BCUT2D eigenvalue weighted by Gasteiger charge is -2.28. The third-order valence-corrected chi connectivity index (χ3v) is 4.87. The highest BCUT2D eigenvalue weighted by atomic mass is 16.5. The van der Waals surface area contributed by atoms with Crippen molar-refractivity contribution in [1.29, 1.82) is 0 Å². The van der Waals surface area contributed by atoms with Crippen molar-refractivity contribution in [3.8, 4) is 11.8 Å². The van der Waals surface area contributed by atoms with E-state index in [-0.39, 0.29) is 17.6 Å². The van der Waals surface area contributed by atoms with Gasteiger partial charge in [0.2, 0.25) is 0 Å². The molecule has 0 aliphatic carbocycles. The van der Waals surface area contributed by atoms with E-state index in [9.17, 15) is 4.79 Å². The molecule has 1 amide bonds. The smallest absolute Gasteiger partial charge is 0.318 e. The third-order valence-electron chi connectivity index (χ3n) is 4.87. The van der Waals surface area contributed by atoms with Gasteiger partial charge >= 0.3 is 6.01 Å². The largest absolute Gasteiger partial charge is 0.497 e. The summed E-state index contributed by atoms with van der Waals surface area (Å²) in [5.41, 5.74) is 0.906. The molecule has 2 aromatic carbocycles. The number of piperazine rings is 1. The molecule has 0 unspecified atom stereocenters. The Morgan fingerprint density at radius 1 is 1.07 bits per heavy atom. The van der Waals surface area contributed by atoms with E-state index in [1.165, 1.54) is 7.11 Å². The van der Waals surface area contributed by atoms with Crippen LogP contribution in [0.4, 0.5) is 11.5 Å². The van der Waals surface area contributed by atoms with E-state index in [2.05, 4.69) is 25.5 Å². The Kier molecular flexibility index (Phi) is 5.44. The Morgan fingerprint density at radius 3 is 2.62 bits per heavy atom. The zero-order valence-corrected chi connectivity index (χ0v) is 16.4. The second kappa shape index (κ2) is 8.32. The maximum atomic E-state index is 13.0. The van der Waals surface area contributed by atoms with Crippen LogP contribution in [0.2, 0.25) is 0 Å². The van der Waals surface area contributed by atoms with Gasteiger partial charge in [0.15, 0.2) is 0 Å². The van der Waals surface area contributed by atoms with Crippen molar-refractivity contribution in [1.82, 2.24) is 15.3 Å². The number of anilines is 2. The minimum atomic E-state index is -0.333. The number of methoxy groups -OCH3 is 2. The molecule has 4 rings (SSSR count). The quantitative estimate of drug-likeness (QED) is 0.688. The zero-order valence-electron chi connectivity index (χ0n) is 16.4. The number of nitrogens with one attached hydrogen (secondary N) is 2. The predicted molar refractivity (Wildman–Crippen MR) is 112 cm³/mol. The van der Waals surface area contributed by atoms with Crippen molar-refractivity contribution in [3.05, 3.63) is 48.2 Å².